The van der Waals surface area contributed by atoms with Gasteiger partial charge in [-0.25, -0.2) is 0 Å². The number of ether oxygens (including phenoxy) is 2. The molecular formula is C40H32BrCl2N3O7. The lowest BCUT2D eigenvalue weighted by molar-refractivity contribution is -0.138. The van der Waals surface area contributed by atoms with Gasteiger partial charge in [0.05, 0.1) is 53.8 Å². The zero-order valence-electron chi connectivity index (χ0n) is 28.4. The number of nitrogens with one attached hydrogen (secondary N) is 1. The van der Waals surface area contributed by atoms with Crippen molar-refractivity contribution < 1.29 is 33.8 Å². The summed E-state index contributed by atoms with van der Waals surface area (Å²) >= 11 is 16.3. The summed E-state index contributed by atoms with van der Waals surface area (Å²) in [5.41, 5.74) is 3.56. The number of rotatable bonds is 7. The lowest BCUT2D eigenvalue weighted by Gasteiger charge is -2.50. The Morgan fingerprint density at radius 2 is 1.60 bits per heavy atom. The minimum atomic E-state index is -1.65. The van der Waals surface area contributed by atoms with Crippen molar-refractivity contribution in [2.75, 3.05) is 24.5 Å². The predicted molar refractivity (Wildman–Crippen MR) is 202 cm³/mol. The number of amides is 4. The maximum absolute atomic E-state index is 15.5. The summed E-state index contributed by atoms with van der Waals surface area (Å²) in [6.45, 7) is 0. The Balaban J connectivity index is 1.37. The van der Waals surface area contributed by atoms with Crippen LogP contribution in [0, 0.1) is 23.7 Å². The summed E-state index contributed by atoms with van der Waals surface area (Å²) < 4.78 is 11.6. The third-order valence-corrected chi connectivity index (χ3v) is 12.2. The topological polar surface area (TPSA) is 125 Å². The Kier molecular flexibility index (Phi) is 8.79. The first-order valence-corrected chi connectivity index (χ1v) is 18.5. The largest absolute Gasteiger partial charge is 0.504 e. The molecule has 4 aromatic rings. The third-order valence-electron chi connectivity index (χ3n) is 11.2. The number of nitrogens with zero attached hydrogens (tertiary/aromatic N) is 2. The third kappa shape index (κ3) is 5.26. The smallest absolute Gasteiger partial charge is 0.260 e. The molecular weight excluding hydrogens is 785 g/mol. The number of aromatic hydroxyl groups is 1. The van der Waals surface area contributed by atoms with E-state index in [-0.39, 0.29) is 46.9 Å². The van der Waals surface area contributed by atoms with Gasteiger partial charge in [0.15, 0.2) is 11.5 Å². The number of anilines is 2. The average Bonchev–Trinajstić information content (AvgIpc) is 3.54. The van der Waals surface area contributed by atoms with Crippen molar-refractivity contribution in [3.05, 3.63) is 122 Å². The molecule has 0 radical (unpaired) electrons. The van der Waals surface area contributed by atoms with Gasteiger partial charge >= 0.3 is 0 Å². The molecule has 13 heteroatoms. The van der Waals surface area contributed by atoms with E-state index in [2.05, 4.69) is 21.4 Å². The number of allylic oxidation sites excluding steroid dienone is 2. The van der Waals surface area contributed by atoms with Crippen LogP contribution in [0.1, 0.15) is 29.9 Å². The zero-order chi connectivity index (χ0) is 37.3. The maximum atomic E-state index is 15.5. The molecule has 2 aliphatic heterocycles. The van der Waals surface area contributed by atoms with Crippen LogP contribution in [-0.2, 0) is 24.6 Å². The molecule has 0 aromatic heterocycles. The van der Waals surface area contributed by atoms with Crippen LogP contribution in [0.15, 0.2) is 101 Å². The highest BCUT2D eigenvalue weighted by atomic mass is 79.9. The molecule has 2 aliphatic carbocycles. The normalized spacial score (nSPS) is 26.2. The molecule has 4 amide bonds. The molecule has 270 valence electrons. The second kappa shape index (κ2) is 13.2. The Morgan fingerprint density at radius 3 is 2.28 bits per heavy atom. The van der Waals surface area contributed by atoms with Crippen molar-refractivity contribution in [3.63, 3.8) is 0 Å². The molecule has 0 unspecified atom stereocenters. The molecule has 3 fully saturated rings. The van der Waals surface area contributed by atoms with E-state index in [0.717, 1.165) is 5.01 Å². The zero-order valence-corrected chi connectivity index (χ0v) is 31.5. The minimum absolute atomic E-state index is 0.0696. The first-order chi connectivity index (χ1) is 25.5. The highest BCUT2D eigenvalue weighted by molar-refractivity contribution is 9.10. The van der Waals surface area contributed by atoms with Crippen LogP contribution in [0.3, 0.4) is 0 Å². The number of methoxy groups -OCH3 is 2. The molecule has 4 aromatic carbocycles. The lowest BCUT2D eigenvalue weighted by Crippen LogP contribution is -2.53. The van der Waals surface area contributed by atoms with Crippen LogP contribution in [0.4, 0.5) is 11.4 Å². The second-order valence-corrected chi connectivity index (χ2v) is 15.4. The van der Waals surface area contributed by atoms with Crippen molar-refractivity contribution in [2.24, 2.45) is 23.7 Å². The van der Waals surface area contributed by atoms with Gasteiger partial charge in [0, 0.05) is 21.0 Å². The number of hydrogen-bond acceptors (Lipinski definition) is 8. The van der Waals surface area contributed by atoms with Gasteiger partial charge in [0.2, 0.25) is 11.8 Å². The Labute approximate surface area is 323 Å². The Morgan fingerprint density at radius 1 is 0.868 bits per heavy atom. The average molecular weight is 818 g/mol. The van der Waals surface area contributed by atoms with E-state index in [1.54, 1.807) is 72.8 Å². The molecule has 8 rings (SSSR count). The molecule has 10 nitrogen and oxygen atoms in total. The van der Waals surface area contributed by atoms with Gasteiger partial charge in [0.1, 0.15) is 5.75 Å². The number of carbonyl (C=O) groups is 4. The number of phenolic OH excluding ortho intramolecular Hbond substituents is 1. The number of para-hydroxylation sites is 1. The summed E-state index contributed by atoms with van der Waals surface area (Å²) in [6, 6.07) is 23.7. The number of imide groups is 2. The summed E-state index contributed by atoms with van der Waals surface area (Å²) in [6.07, 6.45) is 2.22. The van der Waals surface area contributed by atoms with Crippen molar-refractivity contribution in [1.29, 1.82) is 0 Å². The van der Waals surface area contributed by atoms with E-state index in [9.17, 15) is 19.5 Å². The van der Waals surface area contributed by atoms with Crippen LogP contribution >= 0.6 is 39.1 Å². The quantitative estimate of drug-likeness (QED) is 0.144. The Hall–Kier alpha value is -4.84. The first kappa shape index (κ1) is 35.2. The van der Waals surface area contributed by atoms with Gasteiger partial charge < -0.3 is 14.6 Å². The van der Waals surface area contributed by atoms with E-state index < -0.39 is 46.8 Å². The molecule has 2 saturated heterocycles. The molecule has 53 heavy (non-hydrogen) atoms. The fourth-order valence-corrected chi connectivity index (χ4v) is 9.89. The minimum Gasteiger partial charge on any atom is -0.504 e. The van der Waals surface area contributed by atoms with Gasteiger partial charge in [-0.1, -0.05) is 81.1 Å². The van der Waals surface area contributed by atoms with Crippen molar-refractivity contribution in [3.8, 4) is 17.2 Å². The van der Waals surface area contributed by atoms with Crippen molar-refractivity contribution in [1.82, 2.24) is 5.01 Å². The molecule has 6 atom stereocenters. The van der Waals surface area contributed by atoms with Crippen molar-refractivity contribution >= 4 is 74.1 Å². The van der Waals surface area contributed by atoms with Crippen LogP contribution in [0.25, 0.3) is 0 Å². The van der Waals surface area contributed by atoms with E-state index >= 15 is 4.79 Å². The molecule has 2 heterocycles. The van der Waals surface area contributed by atoms with Gasteiger partial charge in [-0.3, -0.25) is 29.5 Å². The van der Waals surface area contributed by atoms with Gasteiger partial charge in [-0.05, 0) is 78.9 Å². The number of benzene rings is 4. The molecule has 0 bridgehead atoms. The maximum Gasteiger partial charge on any atom is 0.260 e. The first-order valence-electron chi connectivity index (χ1n) is 16.9. The molecule has 1 saturated carbocycles. The number of hydrazine groups is 1. The number of fused-ring (bicyclic) bond motifs is 4. The molecule has 4 aliphatic rings. The molecule has 0 spiro atoms. The van der Waals surface area contributed by atoms with E-state index in [1.807, 2.05) is 12.1 Å². The predicted octanol–water partition coefficient (Wildman–Crippen LogP) is 7.67. The number of phenols is 1. The van der Waals surface area contributed by atoms with Gasteiger partial charge in [-0.2, -0.15) is 5.01 Å². The fraction of sp³-hybridized carbons (Fsp3) is 0.250. The lowest BCUT2D eigenvalue weighted by atomic mass is 9.49. The summed E-state index contributed by atoms with van der Waals surface area (Å²) in [4.78, 5) is 60.1. The van der Waals surface area contributed by atoms with Crippen molar-refractivity contribution in [2.45, 2.75) is 24.2 Å². The van der Waals surface area contributed by atoms with Crippen LogP contribution < -0.4 is 19.8 Å². The van der Waals surface area contributed by atoms with Gasteiger partial charge in [-0.15, -0.1) is 0 Å². The number of halogens is 3. The summed E-state index contributed by atoms with van der Waals surface area (Å²) in [7, 11) is 2.96. The standard InChI is InChI=1S/C40H32BrCl2N3O7/c1-52-24-11-8-20(9-12-24)40-29(37(49)46(39(40)51)44-31-15-10-22(42)18-30(31)43)19-27-25(34(40)28-16-21(41)17-32(53-2)35(28)47)13-14-26-33(27)38(50)45(36(26)48)23-6-4-3-5-7-23/h3-13,15-18,26-27,29,33-34,44,47H,14,19H2,1-2H3/t26-,27+,29-,33-,34+,40+/m0/s1. The van der Waals surface area contributed by atoms with E-state index in [0.29, 0.717) is 37.6 Å². The van der Waals surface area contributed by atoms with E-state index in [4.69, 9.17) is 32.7 Å². The highest BCUT2D eigenvalue weighted by Gasteiger charge is 2.70. The fourth-order valence-electron chi connectivity index (χ4n) is 8.99. The van der Waals surface area contributed by atoms with E-state index in [1.165, 1.54) is 25.2 Å². The summed E-state index contributed by atoms with van der Waals surface area (Å²) in [5, 5.41) is 13.5. The monoisotopic (exact) mass is 815 g/mol. The Bertz CT molecular complexity index is 2230. The van der Waals surface area contributed by atoms with Crippen LogP contribution in [0.2, 0.25) is 10.0 Å². The summed E-state index contributed by atoms with van der Waals surface area (Å²) in [5.74, 6) is -5.55. The van der Waals surface area contributed by atoms with Crippen LogP contribution in [0.5, 0.6) is 17.2 Å². The second-order valence-electron chi connectivity index (χ2n) is 13.6. The number of carbonyl (C=O) groups excluding carboxylic acids is 4. The highest BCUT2D eigenvalue weighted by Crippen LogP contribution is 2.65. The SMILES string of the molecule is COc1ccc([C@@]23C(=O)N(Nc4ccc(Cl)cc4Cl)C(=O)[C@@H]2C[C@@H]2C(=CC[C@@H]4C(=O)N(c5ccccc5)C(=O)[C@@H]42)[C@@H]3c2cc(Br)cc(OC)c2O)cc1. The van der Waals surface area contributed by atoms with Crippen LogP contribution in [-0.4, -0.2) is 48.0 Å². The molecule has 2 N–H and O–H groups in total. The number of hydrogen-bond donors (Lipinski definition) is 2. The van der Waals surface area contributed by atoms with Gasteiger partial charge in [0.25, 0.3) is 11.8 Å².